The number of imide groups is 1. The highest BCUT2D eigenvalue weighted by Crippen LogP contribution is 2.35. The average Bonchev–Trinajstić information content (AvgIpc) is 3.36. The number of nitrogens with zero attached hydrogens (tertiary/aromatic N) is 2. The van der Waals surface area contributed by atoms with Gasteiger partial charge in [-0.25, -0.2) is 8.78 Å². The van der Waals surface area contributed by atoms with Gasteiger partial charge in [0, 0.05) is 18.2 Å². The molecule has 1 aliphatic heterocycles. The maximum atomic E-state index is 13.7. The highest BCUT2D eigenvalue weighted by atomic mass is 32.2. The van der Waals surface area contributed by atoms with E-state index in [1.54, 1.807) is 6.07 Å². The lowest BCUT2D eigenvalue weighted by atomic mass is 10.1. The van der Waals surface area contributed by atoms with E-state index in [9.17, 15) is 33.3 Å². The normalized spacial score (nSPS) is 14.6. The van der Waals surface area contributed by atoms with Crippen molar-refractivity contribution >= 4 is 46.3 Å². The van der Waals surface area contributed by atoms with Crippen LogP contribution < -0.4 is 5.32 Å². The lowest BCUT2D eigenvalue weighted by molar-refractivity contribution is -0.384. The van der Waals surface area contributed by atoms with Gasteiger partial charge in [-0.15, -0.1) is 0 Å². The third-order valence-corrected chi connectivity index (χ3v) is 5.55. The SMILES string of the molecule is O=C(CN1C(=O)SC(=Cc2ccc(-c3ccccc3[N+](=O)[O-])o2)C1=O)Nc1ccc(F)cc1F. The Morgan fingerprint density at radius 1 is 1.15 bits per heavy atom. The summed E-state index contributed by atoms with van der Waals surface area (Å²) in [6.45, 7) is -0.682. The number of carbonyl (C=O) groups excluding carboxylic acids is 3. The molecule has 0 saturated carbocycles. The van der Waals surface area contributed by atoms with Crippen molar-refractivity contribution in [1.82, 2.24) is 4.90 Å². The Kier molecular flexibility index (Phi) is 6.23. The van der Waals surface area contributed by atoms with Crippen molar-refractivity contribution in [2.45, 2.75) is 0 Å². The van der Waals surface area contributed by atoms with Crippen molar-refractivity contribution in [3.05, 3.63) is 87.0 Å². The summed E-state index contributed by atoms with van der Waals surface area (Å²) in [5.74, 6) is -3.10. The van der Waals surface area contributed by atoms with Crippen LogP contribution in [0.4, 0.5) is 25.0 Å². The van der Waals surface area contributed by atoms with Crippen LogP contribution in [0.25, 0.3) is 17.4 Å². The smallest absolute Gasteiger partial charge is 0.294 e. The van der Waals surface area contributed by atoms with Crippen LogP contribution in [-0.2, 0) is 9.59 Å². The number of amides is 3. The summed E-state index contributed by atoms with van der Waals surface area (Å²) in [6, 6.07) is 11.5. The largest absolute Gasteiger partial charge is 0.456 e. The van der Waals surface area contributed by atoms with Gasteiger partial charge in [-0.2, -0.15) is 0 Å². The zero-order chi connectivity index (χ0) is 24.4. The van der Waals surface area contributed by atoms with Gasteiger partial charge in [0.2, 0.25) is 5.91 Å². The summed E-state index contributed by atoms with van der Waals surface area (Å²) in [6.07, 6.45) is 1.28. The molecule has 1 saturated heterocycles. The third kappa shape index (κ3) is 4.71. The number of benzene rings is 2. The van der Waals surface area contributed by atoms with E-state index in [2.05, 4.69) is 5.32 Å². The van der Waals surface area contributed by atoms with E-state index in [1.807, 2.05) is 0 Å². The molecule has 0 atom stereocenters. The summed E-state index contributed by atoms with van der Waals surface area (Å²) in [4.78, 5) is 48.4. The van der Waals surface area contributed by atoms with Crippen molar-refractivity contribution in [2.75, 3.05) is 11.9 Å². The van der Waals surface area contributed by atoms with Gasteiger partial charge in [0.25, 0.3) is 16.8 Å². The molecule has 12 heteroatoms. The quantitative estimate of drug-likeness (QED) is 0.302. The van der Waals surface area contributed by atoms with E-state index in [4.69, 9.17) is 4.42 Å². The average molecular weight is 485 g/mol. The van der Waals surface area contributed by atoms with Gasteiger partial charge < -0.3 is 9.73 Å². The first-order valence-electron chi connectivity index (χ1n) is 9.57. The molecule has 0 unspecified atom stereocenters. The number of nitro benzene ring substituents is 1. The Bertz CT molecular complexity index is 1370. The Balaban J connectivity index is 1.48. The van der Waals surface area contributed by atoms with E-state index >= 15 is 0 Å². The number of para-hydroxylation sites is 1. The Hall–Kier alpha value is -4.32. The molecule has 0 aliphatic carbocycles. The van der Waals surface area contributed by atoms with E-state index in [1.165, 1.54) is 36.4 Å². The van der Waals surface area contributed by atoms with Crippen molar-refractivity contribution in [3.8, 4) is 11.3 Å². The molecule has 0 radical (unpaired) electrons. The van der Waals surface area contributed by atoms with Crippen LogP contribution in [0.3, 0.4) is 0 Å². The van der Waals surface area contributed by atoms with Crippen molar-refractivity contribution in [1.29, 1.82) is 0 Å². The number of furan rings is 1. The number of thioether (sulfide) groups is 1. The zero-order valence-corrected chi connectivity index (χ0v) is 17.8. The highest BCUT2D eigenvalue weighted by Gasteiger charge is 2.36. The fourth-order valence-electron chi connectivity index (χ4n) is 3.11. The van der Waals surface area contributed by atoms with E-state index in [-0.39, 0.29) is 33.4 Å². The molecule has 172 valence electrons. The molecule has 0 bridgehead atoms. The minimum absolute atomic E-state index is 0.0331. The molecule has 3 amide bonds. The van der Waals surface area contributed by atoms with Crippen molar-refractivity contribution in [2.24, 2.45) is 0 Å². The molecule has 1 fully saturated rings. The topological polar surface area (TPSA) is 123 Å². The molecule has 4 rings (SSSR count). The first-order valence-corrected chi connectivity index (χ1v) is 10.4. The molecule has 2 aromatic carbocycles. The second kappa shape index (κ2) is 9.27. The fraction of sp³-hybridized carbons (Fsp3) is 0.0455. The fourth-order valence-corrected chi connectivity index (χ4v) is 3.92. The van der Waals surface area contributed by atoms with Crippen LogP contribution in [0.5, 0.6) is 0 Å². The summed E-state index contributed by atoms with van der Waals surface area (Å²) < 4.78 is 32.3. The summed E-state index contributed by atoms with van der Waals surface area (Å²) in [7, 11) is 0. The van der Waals surface area contributed by atoms with Gasteiger partial charge >= 0.3 is 0 Å². The number of hydrogen-bond donors (Lipinski definition) is 1. The van der Waals surface area contributed by atoms with E-state index < -0.39 is 40.2 Å². The molecule has 9 nitrogen and oxygen atoms in total. The van der Waals surface area contributed by atoms with Gasteiger partial charge in [-0.1, -0.05) is 12.1 Å². The number of rotatable bonds is 6. The Morgan fingerprint density at radius 3 is 2.65 bits per heavy atom. The summed E-state index contributed by atoms with van der Waals surface area (Å²) in [5, 5.41) is 12.7. The van der Waals surface area contributed by atoms with Gasteiger partial charge in [0.15, 0.2) is 0 Å². The van der Waals surface area contributed by atoms with Crippen molar-refractivity contribution in [3.63, 3.8) is 0 Å². The monoisotopic (exact) mass is 485 g/mol. The van der Waals surface area contributed by atoms with Gasteiger partial charge in [0.1, 0.15) is 29.7 Å². The maximum Gasteiger partial charge on any atom is 0.294 e. The van der Waals surface area contributed by atoms with Crippen LogP contribution in [0.2, 0.25) is 0 Å². The molecule has 1 N–H and O–H groups in total. The number of halogens is 2. The predicted molar refractivity (Wildman–Crippen MR) is 118 cm³/mol. The third-order valence-electron chi connectivity index (χ3n) is 4.65. The van der Waals surface area contributed by atoms with Crippen LogP contribution in [-0.4, -0.2) is 33.4 Å². The van der Waals surface area contributed by atoms with Crippen LogP contribution in [0.1, 0.15) is 5.76 Å². The number of nitro groups is 1. The Morgan fingerprint density at radius 2 is 1.91 bits per heavy atom. The molecular weight excluding hydrogens is 472 g/mol. The molecular formula is C22H13F2N3O6S. The van der Waals surface area contributed by atoms with Crippen molar-refractivity contribution < 1.29 is 32.5 Å². The van der Waals surface area contributed by atoms with E-state index in [0.29, 0.717) is 22.7 Å². The summed E-state index contributed by atoms with van der Waals surface area (Å²) in [5.41, 5.74) is -0.218. The maximum absolute atomic E-state index is 13.7. The zero-order valence-electron chi connectivity index (χ0n) is 17.0. The number of nitrogens with one attached hydrogen (secondary N) is 1. The molecule has 3 aromatic rings. The van der Waals surface area contributed by atoms with Crippen LogP contribution in [0.15, 0.2) is 63.9 Å². The standard InChI is InChI=1S/C22H13F2N3O6S/c23-12-5-7-16(15(24)9-12)25-20(28)11-26-21(29)19(34-22(26)30)10-13-6-8-18(33-13)14-3-1-2-4-17(14)27(31)32/h1-10H,11H2,(H,25,28). The Labute approximate surface area is 194 Å². The highest BCUT2D eigenvalue weighted by molar-refractivity contribution is 8.18. The molecule has 1 aliphatic rings. The minimum Gasteiger partial charge on any atom is -0.456 e. The van der Waals surface area contributed by atoms with Crippen LogP contribution in [0, 0.1) is 21.7 Å². The number of anilines is 1. The van der Waals surface area contributed by atoms with Gasteiger partial charge in [-0.05, 0) is 42.1 Å². The second-order valence-electron chi connectivity index (χ2n) is 6.92. The first-order chi connectivity index (χ1) is 16.2. The molecule has 34 heavy (non-hydrogen) atoms. The van der Waals surface area contributed by atoms with Crippen LogP contribution >= 0.6 is 11.8 Å². The molecule has 2 heterocycles. The molecule has 1 aromatic heterocycles. The number of carbonyl (C=O) groups is 3. The first kappa shape index (κ1) is 22.9. The number of hydrogen-bond acceptors (Lipinski definition) is 7. The predicted octanol–water partition coefficient (Wildman–Crippen LogP) is 4.81. The summed E-state index contributed by atoms with van der Waals surface area (Å²) >= 11 is 0.570. The van der Waals surface area contributed by atoms with Gasteiger partial charge in [-0.3, -0.25) is 29.4 Å². The lowest BCUT2D eigenvalue weighted by Crippen LogP contribution is -2.36. The minimum atomic E-state index is -1.00. The lowest BCUT2D eigenvalue weighted by Gasteiger charge is -2.12. The molecule has 0 spiro atoms. The van der Waals surface area contributed by atoms with E-state index in [0.717, 1.165) is 12.1 Å². The second-order valence-corrected chi connectivity index (χ2v) is 7.91. The van der Waals surface area contributed by atoms with Gasteiger partial charge in [0.05, 0.1) is 21.1 Å².